The number of aromatic nitrogens is 3. The summed E-state index contributed by atoms with van der Waals surface area (Å²) in [5.74, 6) is -0.191. The Morgan fingerprint density at radius 3 is 2.30 bits per heavy atom. The minimum Gasteiger partial charge on any atom is -0.498 e. The standard InChI is InChI=1S/C24H36N6O2.C7H8F2.C2H6/c1-20(28-12-14-29(15-13-28)24-9-7-23(25)8-10-24)5-6-21(2)32-17-22(16-31)4-3-11-30-19-26-18-27-30;1-3-4-7(9)5-6(2)8;1-2/h5-10,18-19,22,31H,3-4,11-17,25H2,1-2H3;3-5H,1H2,2H3;1-2H3/b20-5+,21-6+;6-5+,7-4+;/t22-;;/m0../s1. The third-order valence-corrected chi connectivity index (χ3v) is 6.48. The van der Waals surface area contributed by atoms with Crippen LogP contribution >= 0.6 is 0 Å². The SMILES string of the molecule is C/C(=C\C=C(/C)N1CCN(c2ccc(N)cc2)CC1)OC[C@H](CO)CCCn1cncn1.C=C/C=C(F)\C=C(/C)F.CC. The van der Waals surface area contributed by atoms with Gasteiger partial charge in [-0.3, -0.25) is 4.68 Å². The molecule has 238 valence electrons. The van der Waals surface area contributed by atoms with Crippen LogP contribution in [0.4, 0.5) is 20.2 Å². The van der Waals surface area contributed by atoms with E-state index in [4.69, 9.17) is 10.5 Å². The Hall–Kier alpha value is -3.92. The van der Waals surface area contributed by atoms with Crippen molar-refractivity contribution >= 4 is 11.4 Å². The van der Waals surface area contributed by atoms with E-state index < -0.39 is 11.7 Å². The van der Waals surface area contributed by atoms with Crippen LogP contribution < -0.4 is 10.6 Å². The molecule has 3 N–H and O–H groups in total. The van der Waals surface area contributed by atoms with Crippen molar-refractivity contribution in [2.45, 2.75) is 54.0 Å². The molecule has 1 atom stereocenters. The van der Waals surface area contributed by atoms with Crippen molar-refractivity contribution in [3.05, 3.63) is 97.0 Å². The fourth-order valence-electron chi connectivity index (χ4n) is 4.11. The van der Waals surface area contributed by atoms with Crippen LogP contribution in [-0.2, 0) is 11.3 Å². The summed E-state index contributed by atoms with van der Waals surface area (Å²) in [6, 6.07) is 8.09. The number of allylic oxidation sites excluding steroid dienone is 9. The lowest BCUT2D eigenvalue weighted by Crippen LogP contribution is -2.45. The highest BCUT2D eigenvalue weighted by Gasteiger charge is 2.17. The molecule has 1 aromatic carbocycles. The van der Waals surface area contributed by atoms with E-state index in [9.17, 15) is 13.9 Å². The van der Waals surface area contributed by atoms with Gasteiger partial charge in [0.1, 0.15) is 18.5 Å². The Bertz CT molecular complexity index is 1150. The maximum atomic E-state index is 12.1. The molecule has 43 heavy (non-hydrogen) atoms. The highest BCUT2D eigenvalue weighted by molar-refractivity contribution is 5.53. The molecule has 1 fully saturated rings. The number of aliphatic hydroxyl groups is 1. The third kappa shape index (κ3) is 15.8. The van der Waals surface area contributed by atoms with Crippen molar-refractivity contribution in [2.24, 2.45) is 5.92 Å². The normalized spacial score (nSPS) is 15.2. The van der Waals surface area contributed by atoms with Crippen LogP contribution in [0.1, 0.15) is 47.5 Å². The van der Waals surface area contributed by atoms with Gasteiger partial charge in [-0.25, -0.2) is 13.8 Å². The number of aryl methyl sites for hydroxylation is 1. The van der Waals surface area contributed by atoms with E-state index in [1.165, 1.54) is 30.7 Å². The monoisotopic (exact) mass is 600 g/mol. The summed E-state index contributed by atoms with van der Waals surface area (Å²) in [6.07, 6.45) is 12.3. The first-order chi connectivity index (χ1) is 20.7. The Kier molecular flexibility index (Phi) is 18.8. The lowest BCUT2D eigenvalue weighted by molar-refractivity contribution is 0.112. The van der Waals surface area contributed by atoms with Crippen molar-refractivity contribution in [2.75, 3.05) is 50.0 Å². The molecule has 2 heterocycles. The molecule has 0 bridgehead atoms. The van der Waals surface area contributed by atoms with Gasteiger partial charge in [0.25, 0.3) is 0 Å². The number of aliphatic hydroxyl groups excluding tert-OH is 1. The van der Waals surface area contributed by atoms with E-state index in [1.807, 2.05) is 43.7 Å². The smallest absolute Gasteiger partial charge is 0.137 e. The third-order valence-electron chi connectivity index (χ3n) is 6.48. The number of hydrogen-bond donors (Lipinski definition) is 2. The first-order valence-electron chi connectivity index (χ1n) is 14.8. The summed E-state index contributed by atoms with van der Waals surface area (Å²) >= 11 is 0. The Morgan fingerprint density at radius 1 is 1.07 bits per heavy atom. The van der Waals surface area contributed by atoms with E-state index in [-0.39, 0.29) is 12.5 Å². The molecule has 0 aliphatic carbocycles. The van der Waals surface area contributed by atoms with E-state index in [2.05, 4.69) is 51.6 Å². The largest absolute Gasteiger partial charge is 0.498 e. The quantitative estimate of drug-likeness (QED) is 0.148. The van der Waals surface area contributed by atoms with Gasteiger partial charge in [0, 0.05) is 68.4 Å². The zero-order valence-corrected chi connectivity index (χ0v) is 26.4. The number of nitrogens with zero attached hydrogens (tertiary/aromatic N) is 5. The molecular formula is C33H50F2N6O2. The van der Waals surface area contributed by atoms with Crippen molar-refractivity contribution in [3.63, 3.8) is 0 Å². The van der Waals surface area contributed by atoms with Gasteiger partial charge in [-0.05, 0) is 76.1 Å². The zero-order valence-electron chi connectivity index (χ0n) is 26.4. The lowest BCUT2D eigenvalue weighted by atomic mass is 10.1. The van der Waals surface area contributed by atoms with Gasteiger partial charge in [0.15, 0.2) is 0 Å². The predicted octanol–water partition coefficient (Wildman–Crippen LogP) is 6.82. The average Bonchev–Trinajstić information content (AvgIpc) is 3.53. The minimum absolute atomic E-state index is 0.119. The second-order valence-corrected chi connectivity index (χ2v) is 9.83. The fourth-order valence-corrected chi connectivity index (χ4v) is 4.11. The van der Waals surface area contributed by atoms with Crippen LogP contribution in [0.15, 0.2) is 97.0 Å². The molecule has 0 spiro atoms. The van der Waals surface area contributed by atoms with Crippen molar-refractivity contribution < 1.29 is 18.6 Å². The van der Waals surface area contributed by atoms with E-state index in [0.717, 1.165) is 69.2 Å². The van der Waals surface area contributed by atoms with Crippen LogP contribution in [-0.4, -0.2) is 64.2 Å². The Morgan fingerprint density at radius 2 is 1.74 bits per heavy atom. The van der Waals surface area contributed by atoms with Crippen molar-refractivity contribution in [3.8, 4) is 0 Å². The van der Waals surface area contributed by atoms with Gasteiger partial charge in [0.2, 0.25) is 0 Å². The molecule has 8 nitrogen and oxygen atoms in total. The molecular weight excluding hydrogens is 550 g/mol. The van der Waals surface area contributed by atoms with Gasteiger partial charge in [-0.1, -0.05) is 26.5 Å². The number of nitrogen functional groups attached to an aromatic ring is 1. The topological polar surface area (TPSA) is 92.7 Å². The average molecular weight is 601 g/mol. The van der Waals surface area contributed by atoms with Gasteiger partial charge in [-0.2, -0.15) is 5.10 Å². The second-order valence-electron chi connectivity index (χ2n) is 9.83. The number of ether oxygens (including phenoxy) is 1. The predicted molar refractivity (Wildman–Crippen MR) is 174 cm³/mol. The first kappa shape index (κ1) is 37.1. The van der Waals surface area contributed by atoms with Crippen molar-refractivity contribution in [1.82, 2.24) is 19.7 Å². The zero-order chi connectivity index (χ0) is 32.0. The van der Waals surface area contributed by atoms with Crippen LogP contribution in [0.2, 0.25) is 0 Å². The summed E-state index contributed by atoms with van der Waals surface area (Å²) in [4.78, 5) is 8.74. The molecule has 3 rings (SSSR count). The lowest BCUT2D eigenvalue weighted by Gasteiger charge is -2.37. The fraction of sp³-hybridized carbons (Fsp3) is 0.455. The molecule has 0 radical (unpaired) electrons. The number of halogens is 2. The number of rotatable bonds is 13. The highest BCUT2D eigenvalue weighted by Crippen LogP contribution is 2.20. The van der Waals surface area contributed by atoms with E-state index in [0.29, 0.717) is 6.61 Å². The van der Waals surface area contributed by atoms with Gasteiger partial charge < -0.3 is 25.4 Å². The molecule has 1 aromatic heterocycles. The number of anilines is 2. The molecule has 1 aliphatic rings. The maximum absolute atomic E-state index is 12.1. The van der Waals surface area contributed by atoms with Crippen molar-refractivity contribution in [1.29, 1.82) is 0 Å². The molecule has 1 saturated heterocycles. The van der Waals surface area contributed by atoms with Crippen LogP contribution in [0, 0.1) is 5.92 Å². The molecule has 1 aliphatic heterocycles. The number of nitrogens with two attached hydrogens (primary N) is 1. The summed E-state index contributed by atoms with van der Waals surface area (Å²) in [6.45, 7) is 17.9. The van der Waals surface area contributed by atoms with Crippen LogP contribution in [0.3, 0.4) is 0 Å². The Labute approximate surface area is 256 Å². The summed E-state index contributed by atoms with van der Waals surface area (Å²) in [7, 11) is 0. The maximum Gasteiger partial charge on any atom is 0.137 e. The van der Waals surface area contributed by atoms with E-state index in [1.54, 1.807) is 6.33 Å². The van der Waals surface area contributed by atoms with Crippen LogP contribution in [0.25, 0.3) is 0 Å². The number of piperazine rings is 1. The van der Waals surface area contributed by atoms with Gasteiger partial charge >= 0.3 is 0 Å². The summed E-state index contributed by atoms with van der Waals surface area (Å²) < 4.78 is 31.6. The summed E-state index contributed by atoms with van der Waals surface area (Å²) in [5.41, 5.74) is 9.05. The van der Waals surface area contributed by atoms with Crippen LogP contribution in [0.5, 0.6) is 0 Å². The van der Waals surface area contributed by atoms with Gasteiger partial charge in [-0.15, -0.1) is 0 Å². The molecule has 0 saturated carbocycles. The number of benzene rings is 1. The first-order valence-corrected chi connectivity index (χ1v) is 14.8. The Balaban J connectivity index is 0.000000720. The summed E-state index contributed by atoms with van der Waals surface area (Å²) in [5, 5.41) is 13.7. The molecule has 2 aromatic rings. The second kappa shape index (κ2) is 21.7. The minimum atomic E-state index is -0.620. The molecule has 0 unspecified atom stereocenters. The number of hydrogen-bond acceptors (Lipinski definition) is 7. The molecule has 0 amide bonds. The van der Waals surface area contributed by atoms with Gasteiger partial charge in [0.05, 0.1) is 18.2 Å². The highest BCUT2D eigenvalue weighted by atomic mass is 19.1. The van der Waals surface area contributed by atoms with E-state index >= 15 is 0 Å². The molecule has 10 heteroatoms.